The van der Waals surface area contributed by atoms with E-state index >= 15 is 0 Å². The lowest BCUT2D eigenvalue weighted by molar-refractivity contribution is -0.116. The number of carbonyl (C=O) groups is 2. The number of fused-ring (bicyclic) bond motifs is 5. The Labute approximate surface area is 174 Å². The lowest BCUT2D eigenvalue weighted by atomic mass is 9.77. The summed E-state index contributed by atoms with van der Waals surface area (Å²) < 4.78 is 0. The molecule has 5 heteroatoms. The Bertz CT molecular complexity index is 1280. The second-order valence-electron chi connectivity index (χ2n) is 8.11. The summed E-state index contributed by atoms with van der Waals surface area (Å²) in [6.45, 7) is 4.39. The van der Waals surface area contributed by atoms with E-state index in [2.05, 4.69) is 11.1 Å². The average Bonchev–Trinajstić information content (AvgIpc) is 3.14. The number of hydrogen-bond donors (Lipinski definition) is 2. The molecule has 3 heterocycles. The Morgan fingerprint density at radius 2 is 2.00 bits per heavy atom. The second-order valence-corrected chi connectivity index (χ2v) is 8.11. The third-order valence-electron chi connectivity index (χ3n) is 6.35. The predicted octanol–water partition coefficient (Wildman–Crippen LogP) is 4.16. The number of hydrogen-bond acceptors (Lipinski definition) is 4. The van der Waals surface area contributed by atoms with Gasteiger partial charge in [0, 0.05) is 29.2 Å². The molecule has 150 valence electrons. The van der Waals surface area contributed by atoms with Crippen LogP contribution in [0, 0.1) is 6.92 Å². The lowest BCUT2D eigenvalue weighted by Crippen LogP contribution is -2.51. The number of aldehydes is 1. The van der Waals surface area contributed by atoms with Gasteiger partial charge in [-0.2, -0.15) is 0 Å². The maximum absolute atomic E-state index is 13.2. The Balaban J connectivity index is 1.64. The lowest BCUT2D eigenvalue weighted by Gasteiger charge is -2.46. The molecule has 5 nitrogen and oxygen atoms in total. The average molecular weight is 398 g/mol. The second kappa shape index (κ2) is 6.46. The van der Waals surface area contributed by atoms with Gasteiger partial charge in [0.05, 0.1) is 11.3 Å². The molecule has 1 aromatic heterocycles. The fraction of sp³-hybridized carbons (Fsp3) is 0.200. The van der Waals surface area contributed by atoms with Crippen LogP contribution in [0.1, 0.15) is 34.1 Å². The molecule has 1 atom stereocenters. The van der Waals surface area contributed by atoms with Crippen LogP contribution in [0.3, 0.4) is 0 Å². The monoisotopic (exact) mass is 398 g/mol. The van der Waals surface area contributed by atoms with Crippen molar-refractivity contribution in [2.75, 3.05) is 6.54 Å². The zero-order chi connectivity index (χ0) is 21.0. The van der Waals surface area contributed by atoms with Crippen molar-refractivity contribution in [3.8, 4) is 5.75 Å². The first kappa shape index (κ1) is 18.4. The van der Waals surface area contributed by atoms with E-state index in [0.717, 1.165) is 46.0 Å². The number of ketones is 1. The normalized spacial score (nSPS) is 20.3. The van der Waals surface area contributed by atoms with Gasteiger partial charge in [-0.05, 0) is 55.7 Å². The number of H-pyrrole nitrogens is 1. The highest BCUT2D eigenvalue weighted by Gasteiger charge is 2.47. The summed E-state index contributed by atoms with van der Waals surface area (Å²) in [7, 11) is 0. The van der Waals surface area contributed by atoms with Crippen molar-refractivity contribution in [2.45, 2.75) is 25.8 Å². The van der Waals surface area contributed by atoms with Gasteiger partial charge in [0.1, 0.15) is 5.75 Å². The highest BCUT2D eigenvalue weighted by Crippen LogP contribution is 2.45. The summed E-state index contributed by atoms with van der Waals surface area (Å²) >= 11 is 0. The quantitative estimate of drug-likeness (QED) is 0.513. The van der Waals surface area contributed by atoms with Gasteiger partial charge in [-0.15, -0.1) is 0 Å². The SMILES string of the molecule is CC1=CC(C(=O)c2cc(C)ccc2O)=CN2CCc3c([nH]c4ccccc34)C12C=O. The number of aromatic nitrogens is 1. The summed E-state index contributed by atoms with van der Waals surface area (Å²) in [6.07, 6.45) is 5.28. The van der Waals surface area contributed by atoms with Gasteiger partial charge in [-0.1, -0.05) is 29.8 Å². The predicted molar refractivity (Wildman–Crippen MR) is 115 cm³/mol. The van der Waals surface area contributed by atoms with Crippen LogP contribution in [0.2, 0.25) is 0 Å². The van der Waals surface area contributed by atoms with Gasteiger partial charge >= 0.3 is 0 Å². The molecule has 0 amide bonds. The van der Waals surface area contributed by atoms with E-state index < -0.39 is 5.54 Å². The number of para-hydroxylation sites is 1. The molecule has 2 aliphatic rings. The molecule has 0 fully saturated rings. The van der Waals surface area contributed by atoms with Crippen LogP contribution in [-0.2, 0) is 16.8 Å². The summed E-state index contributed by atoms with van der Waals surface area (Å²) in [5.74, 6) is -0.293. The number of rotatable bonds is 3. The van der Waals surface area contributed by atoms with Crippen LogP contribution in [-0.4, -0.2) is 33.6 Å². The van der Waals surface area contributed by atoms with Crippen LogP contribution in [0.25, 0.3) is 10.9 Å². The highest BCUT2D eigenvalue weighted by atomic mass is 16.3. The standard InChI is InChI=1S/C25H22N2O3/c1-15-7-8-22(29)20(11-15)23(30)17-12-16(2)25(14-28)24-19(9-10-27(25)13-17)18-5-3-4-6-21(18)26-24/h3-8,11-14,26,29H,9-10H2,1-2H3. The fourth-order valence-electron chi connectivity index (χ4n) is 4.81. The number of phenolic OH excluding ortho intramolecular Hbond substituents is 1. The number of aromatic amines is 1. The molecule has 5 rings (SSSR count). The first-order valence-corrected chi connectivity index (χ1v) is 10.0. The Morgan fingerprint density at radius 1 is 1.20 bits per heavy atom. The number of aromatic hydroxyl groups is 1. The molecule has 3 aromatic rings. The maximum Gasteiger partial charge on any atom is 0.198 e. The van der Waals surface area contributed by atoms with Crippen LogP contribution in [0.4, 0.5) is 0 Å². The molecule has 0 spiro atoms. The minimum absolute atomic E-state index is 0.0404. The van der Waals surface area contributed by atoms with Crippen molar-refractivity contribution in [1.29, 1.82) is 0 Å². The van der Waals surface area contributed by atoms with Crippen LogP contribution < -0.4 is 0 Å². The Hall–Kier alpha value is -3.60. The summed E-state index contributed by atoms with van der Waals surface area (Å²) in [4.78, 5) is 31.1. The Morgan fingerprint density at radius 3 is 2.80 bits per heavy atom. The zero-order valence-corrected chi connectivity index (χ0v) is 16.9. The molecule has 0 aliphatic carbocycles. The van der Waals surface area contributed by atoms with Crippen molar-refractivity contribution in [3.63, 3.8) is 0 Å². The molecule has 2 aliphatic heterocycles. The van der Waals surface area contributed by atoms with E-state index in [9.17, 15) is 14.7 Å². The topological polar surface area (TPSA) is 73.4 Å². The highest BCUT2D eigenvalue weighted by molar-refractivity contribution is 6.12. The molecule has 0 bridgehead atoms. The number of nitrogens with one attached hydrogen (secondary N) is 1. The van der Waals surface area contributed by atoms with E-state index in [1.165, 1.54) is 6.07 Å². The van der Waals surface area contributed by atoms with Crippen molar-refractivity contribution in [1.82, 2.24) is 9.88 Å². The summed E-state index contributed by atoms with van der Waals surface area (Å²) in [5, 5.41) is 11.3. The van der Waals surface area contributed by atoms with E-state index in [1.807, 2.05) is 36.9 Å². The number of benzene rings is 2. The molecule has 2 aromatic carbocycles. The van der Waals surface area contributed by atoms with Gasteiger partial charge in [0.15, 0.2) is 17.6 Å². The van der Waals surface area contributed by atoms with Crippen molar-refractivity contribution in [3.05, 3.63) is 88.3 Å². The summed E-state index contributed by atoms with van der Waals surface area (Å²) in [6, 6.07) is 13.1. The third-order valence-corrected chi connectivity index (χ3v) is 6.35. The van der Waals surface area contributed by atoms with Crippen LogP contribution in [0.5, 0.6) is 5.75 Å². The van der Waals surface area contributed by atoms with Gasteiger partial charge in [-0.25, -0.2) is 0 Å². The minimum Gasteiger partial charge on any atom is -0.507 e. The summed E-state index contributed by atoms with van der Waals surface area (Å²) in [5.41, 5.74) is 4.50. The van der Waals surface area contributed by atoms with Crippen molar-refractivity contribution >= 4 is 23.0 Å². The van der Waals surface area contributed by atoms with E-state index in [1.54, 1.807) is 24.4 Å². The molecule has 30 heavy (non-hydrogen) atoms. The van der Waals surface area contributed by atoms with Crippen molar-refractivity contribution < 1.29 is 14.7 Å². The molecule has 1 unspecified atom stereocenters. The van der Waals surface area contributed by atoms with E-state index in [0.29, 0.717) is 12.1 Å². The van der Waals surface area contributed by atoms with Gasteiger partial charge in [-0.3, -0.25) is 9.59 Å². The van der Waals surface area contributed by atoms with Gasteiger partial charge < -0.3 is 15.0 Å². The molecule has 0 saturated heterocycles. The van der Waals surface area contributed by atoms with E-state index in [-0.39, 0.29) is 17.1 Å². The largest absolute Gasteiger partial charge is 0.507 e. The van der Waals surface area contributed by atoms with Crippen LogP contribution >= 0.6 is 0 Å². The Kier molecular flexibility index (Phi) is 3.97. The van der Waals surface area contributed by atoms with Crippen LogP contribution in [0.15, 0.2) is 65.9 Å². The molecular formula is C25H22N2O3. The maximum atomic E-state index is 13.2. The van der Waals surface area contributed by atoms with Crippen molar-refractivity contribution in [2.24, 2.45) is 0 Å². The first-order valence-electron chi connectivity index (χ1n) is 10.0. The number of phenols is 1. The number of Topliss-reactive ketones (excluding diaryl/α,β-unsaturated/α-hetero) is 1. The molecule has 2 N–H and O–H groups in total. The number of aryl methyl sites for hydroxylation is 1. The number of allylic oxidation sites excluding steroid dienone is 2. The fourth-order valence-corrected chi connectivity index (χ4v) is 4.81. The number of carbonyl (C=O) groups excluding carboxylic acids is 2. The van der Waals surface area contributed by atoms with Gasteiger partial charge in [0.2, 0.25) is 0 Å². The minimum atomic E-state index is -0.953. The van der Waals surface area contributed by atoms with Gasteiger partial charge in [0.25, 0.3) is 0 Å². The van der Waals surface area contributed by atoms with E-state index in [4.69, 9.17) is 0 Å². The number of nitrogens with zero attached hydrogens (tertiary/aromatic N) is 1. The smallest absolute Gasteiger partial charge is 0.198 e. The first-order chi connectivity index (χ1) is 14.5. The molecule has 0 saturated carbocycles. The zero-order valence-electron chi connectivity index (χ0n) is 16.9. The third kappa shape index (κ3) is 2.41. The molecule has 0 radical (unpaired) electrons. The molecular weight excluding hydrogens is 376 g/mol.